The van der Waals surface area contributed by atoms with Gasteiger partial charge in [-0.05, 0) is 19.3 Å². The van der Waals surface area contributed by atoms with Gasteiger partial charge in [-0.2, -0.15) is 0 Å². The summed E-state index contributed by atoms with van der Waals surface area (Å²) in [6.07, 6.45) is 5.16. The van der Waals surface area contributed by atoms with E-state index in [1.807, 2.05) is 6.92 Å². The third kappa shape index (κ3) is 2.52. The van der Waals surface area contributed by atoms with Crippen LogP contribution in [-0.2, 0) is 9.53 Å². The van der Waals surface area contributed by atoms with Crippen LogP contribution >= 0.6 is 0 Å². The Labute approximate surface area is 67.9 Å². The van der Waals surface area contributed by atoms with E-state index in [0.717, 1.165) is 38.0 Å². The Kier molecular flexibility index (Phi) is 3.40. The number of carbonyl (C=O) groups is 1. The highest BCUT2D eigenvalue weighted by Gasteiger charge is 2.24. The van der Waals surface area contributed by atoms with E-state index in [-0.39, 0.29) is 5.97 Å². The number of carbonyl (C=O) groups excluding carboxylic acids is 1. The zero-order valence-corrected chi connectivity index (χ0v) is 7.06. The van der Waals surface area contributed by atoms with Gasteiger partial charge in [-0.15, -0.1) is 0 Å². The molecule has 0 aromatic heterocycles. The van der Waals surface area contributed by atoms with Gasteiger partial charge in [0.15, 0.2) is 0 Å². The molecule has 1 aliphatic rings. The van der Waals surface area contributed by atoms with Gasteiger partial charge in [0.2, 0.25) is 0 Å². The third-order valence-corrected chi connectivity index (χ3v) is 1.93. The van der Waals surface area contributed by atoms with Crippen LogP contribution in [0, 0.1) is 5.92 Å². The Morgan fingerprint density at radius 3 is 2.64 bits per heavy atom. The van der Waals surface area contributed by atoms with Crippen LogP contribution in [0.15, 0.2) is 0 Å². The minimum atomic E-state index is -0.0515. The van der Waals surface area contributed by atoms with Crippen molar-refractivity contribution in [1.29, 1.82) is 0 Å². The molecule has 0 bridgehead atoms. The van der Waals surface area contributed by atoms with Crippen LogP contribution in [-0.4, -0.2) is 12.6 Å². The SMILES string of the molecule is CCCOC(=O)[C]1CCCC1. The zero-order chi connectivity index (χ0) is 8.10. The first-order chi connectivity index (χ1) is 5.34. The molecular formula is C9H15O2. The Morgan fingerprint density at radius 2 is 2.09 bits per heavy atom. The summed E-state index contributed by atoms with van der Waals surface area (Å²) in [5, 5.41) is 0. The van der Waals surface area contributed by atoms with Gasteiger partial charge < -0.3 is 4.74 Å². The van der Waals surface area contributed by atoms with E-state index in [1.165, 1.54) is 0 Å². The number of ether oxygens (including phenoxy) is 1. The van der Waals surface area contributed by atoms with Gasteiger partial charge in [-0.3, -0.25) is 4.79 Å². The van der Waals surface area contributed by atoms with Crippen LogP contribution < -0.4 is 0 Å². The van der Waals surface area contributed by atoms with Crippen LogP contribution in [0.25, 0.3) is 0 Å². The van der Waals surface area contributed by atoms with E-state index in [4.69, 9.17) is 4.74 Å². The van der Waals surface area contributed by atoms with Crippen molar-refractivity contribution in [3.8, 4) is 0 Å². The lowest BCUT2D eigenvalue weighted by Gasteiger charge is -2.06. The number of rotatable bonds is 3. The minimum Gasteiger partial charge on any atom is -0.465 e. The van der Waals surface area contributed by atoms with E-state index < -0.39 is 0 Å². The van der Waals surface area contributed by atoms with Gasteiger partial charge in [0, 0.05) is 0 Å². The molecule has 2 heteroatoms. The van der Waals surface area contributed by atoms with Gasteiger partial charge in [-0.1, -0.05) is 19.8 Å². The fraction of sp³-hybridized carbons (Fsp3) is 0.778. The third-order valence-electron chi connectivity index (χ3n) is 1.93. The lowest BCUT2D eigenvalue weighted by Crippen LogP contribution is -2.12. The van der Waals surface area contributed by atoms with Crippen LogP contribution in [0.5, 0.6) is 0 Å². The molecule has 0 aromatic carbocycles. The molecule has 11 heavy (non-hydrogen) atoms. The molecule has 1 radical (unpaired) electrons. The van der Waals surface area contributed by atoms with Crippen molar-refractivity contribution in [2.24, 2.45) is 0 Å². The summed E-state index contributed by atoms with van der Waals surface area (Å²) in [5.41, 5.74) is 0. The van der Waals surface area contributed by atoms with Crippen molar-refractivity contribution in [2.45, 2.75) is 39.0 Å². The lowest BCUT2D eigenvalue weighted by atomic mass is 10.1. The van der Waals surface area contributed by atoms with E-state index in [9.17, 15) is 4.79 Å². The maximum absolute atomic E-state index is 11.1. The molecule has 1 saturated carbocycles. The standard InChI is InChI=1S/C9H15O2/c1-2-7-11-9(10)8-5-3-4-6-8/h2-7H2,1H3. The van der Waals surface area contributed by atoms with E-state index >= 15 is 0 Å². The topological polar surface area (TPSA) is 26.3 Å². The fourth-order valence-electron chi connectivity index (χ4n) is 1.30. The van der Waals surface area contributed by atoms with Gasteiger partial charge >= 0.3 is 5.97 Å². The highest BCUT2D eigenvalue weighted by molar-refractivity contribution is 5.84. The van der Waals surface area contributed by atoms with Crippen molar-refractivity contribution >= 4 is 5.97 Å². The molecule has 0 heterocycles. The number of hydrogen-bond acceptors (Lipinski definition) is 2. The van der Waals surface area contributed by atoms with Crippen LogP contribution in [0.4, 0.5) is 0 Å². The van der Waals surface area contributed by atoms with Crippen molar-refractivity contribution in [2.75, 3.05) is 6.61 Å². The normalized spacial score (nSPS) is 18.6. The average molecular weight is 155 g/mol. The molecule has 0 aliphatic heterocycles. The molecule has 0 unspecified atom stereocenters. The molecule has 0 atom stereocenters. The highest BCUT2D eigenvalue weighted by Crippen LogP contribution is 2.27. The van der Waals surface area contributed by atoms with Gasteiger partial charge in [0.1, 0.15) is 0 Å². The fourth-order valence-corrected chi connectivity index (χ4v) is 1.30. The summed E-state index contributed by atoms with van der Waals surface area (Å²) < 4.78 is 5.00. The van der Waals surface area contributed by atoms with Crippen LogP contribution in [0.1, 0.15) is 39.0 Å². The average Bonchev–Trinajstić information content (AvgIpc) is 2.52. The Bertz CT molecular complexity index is 126. The maximum Gasteiger partial charge on any atom is 0.313 e. The van der Waals surface area contributed by atoms with Crippen LogP contribution in [0.3, 0.4) is 0 Å². The summed E-state index contributed by atoms with van der Waals surface area (Å²) in [7, 11) is 0. The highest BCUT2D eigenvalue weighted by atomic mass is 16.5. The van der Waals surface area contributed by atoms with Crippen molar-refractivity contribution in [1.82, 2.24) is 0 Å². The lowest BCUT2D eigenvalue weighted by molar-refractivity contribution is -0.141. The summed E-state index contributed by atoms with van der Waals surface area (Å²) >= 11 is 0. The van der Waals surface area contributed by atoms with Gasteiger partial charge in [0.25, 0.3) is 0 Å². The summed E-state index contributed by atoms with van der Waals surface area (Å²) in [5.74, 6) is 0.947. The maximum atomic E-state index is 11.1. The molecular weight excluding hydrogens is 140 g/mol. The molecule has 1 aliphatic carbocycles. The van der Waals surface area contributed by atoms with Gasteiger partial charge in [-0.25, -0.2) is 0 Å². The molecule has 63 valence electrons. The predicted molar refractivity (Wildman–Crippen MR) is 43.0 cm³/mol. The molecule has 0 amide bonds. The quantitative estimate of drug-likeness (QED) is 0.583. The van der Waals surface area contributed by atoms with Crippen molar-refractivity contribution < 1.29 is 9.53 Å². The zero-order valence-electron chi connectivity index (χ0n) is 7.06. The second kappa shape index (κ2) is 4.37. The second-order valence-electron chi connectivity index (χ2n) is 2.95. The summed E-state index contributed by atoms with van der Waals surface area (Å²) in [6, 6.07) is 0. The smallest absolute Gasteiger partial charge is 0.313 e. The van der Waals surface area contributed by atoms with Gasteiger partial charge in [0.05, 0.1) is 12.5 Å². The Morgan fingerprint density at radius 1 is 1.45 bits per heavy atom. The summed E-state index contributed by atoms with van der Waals surface area (Å²) in [6.45, 7) is 2.58. The molecule has 1 rings (SSSR count). The van der Waals surface area contributed by atoms with Crippen LogP contribution in [0.2, 0.25) is 0 Å². The second-order valence-corrected chi connectivity index (χ2v) is 2.95. The predicted octanol–water partition coefficient (Wildman–Crippen LogP) is 2.09. The molecule has 2 nitrogen and oxygen atoms in total. The molecule has 1 fully saturated rings. The number of hydrogen-bond donors (Lipinski definition) is 0. The first kappa shape index (κ1) is 8.57. The molecule has 0 N–H and O–H groups in total. The number of esters is 1. The summed E-state index contributed by atoms with van der Waals surface area (Å²) in [4.78, 5) is 11.1. The Hall–Kier alpha value is -0.530. The van der Waals surface area contributed by atoms with E-state index in [1.54, 1.807) is 0 Å². The van der Waals surface area contributed by atoms with E-state index in [2.05, 4.69) is 0 Å². The first-order valence-corrected chi connectivity index (χ1v) is 4.36. The monoisotopic (exact) mass is 155 g/mol. The largest absolute Gasteiger partial charge is 0.465 e. The molecule has 0 aromatic rings. The minimum absolute atomic E-state index is 0.0515. The van der Waals surface area contributed by atoms with Crippen molar-refractivity contribution in [3.05, 3.63) is 5.92 Å². The Balaban J connectivity index is 2.17. The molecule has 0 spiro atoms. The van der Waals surface area contributed by atoms with E-state index in [0.29, 0.717) is 6.61 Å². The van der Waals surface area contributed by atoms with Crippen molar-refractivity contribution in [3.63, 3.8) is 0 Å². The molecule has 0 saturated heterocycles. The first-order valence-electron chi connectivity index (χ1n) is 4.36.